The van der Waals surface area contributed by atoms with Gasteiger partial charge in [0.25, 0.3) is 0 Å². The Kier molecular flexibility index (Phi) is 4.86. The minimum absolute atomic E-state index is 0.0269. The number of anilines is 1. The van der Waals surface area contributed by atoms with Gasteiger partial charge < -0.3 is 4.74 Å². The molecule has 1 aliphatic heterocycles. The van der Waals surface area contributed by atoms with Gasteiger partial charge >= 0.3 is 0 Å². The van der Waals surface area contributed by atoms with Crippen molar-refractivity contribution >= 4 is 11.9 Å². The molecule has 0 saturated carbocycles. The maximum Gasteiger partial charge on any atom is 0.235 e. The fourth-order valence-corrected chi connectivity index (χ4v) is 3.95. The highest BCUT2D eigenvalue weighted by Gasteiger charge is 2.43. The molecule has 6 nitrogen and oxygen atoms in total. The number of nitrogens with zero attached hydrogens (tertiary/aromatic N) is 4. The van der Waals surface area contributed by atoms with Gasteiger partial charge in [-0.3, -0.25) is 9.69 Å². The SMILES string of the molecule is COc1ccccc1[C@H]1C[C@@H](c2ccccc2)N(C(=O)C(C)(C)C)c2ncnn21. The molecule has 6 heteroatoms. The number of rotatable bonds is 3. The van der Waals surface area contributed by atoms with Crippen LogP contribution in [-0.4, -0.2) is 27.8 Å². The molecule has 1 aliphatic rings. The first kappa shape index (κ1) is 19.2. The normalized spacial score (nSPS) is 19.0. The largest absolute Gasteiger partial charge is 0.496 e. The standard InChI is InChI=1S/C23H26N4O2/c1-23(2,3)21(28)26-18(16-10-6-5-7-11-16)14-19(27-22(26)24-15-25-27)17-12-8-9-13-20(17)29-4/h5-13,15,18-19H,14H2,1-4H3/t18-,19+/m0/s1. The Morgan fingerprint density at radius 2 is 1.72 bits per heavy atom. The fraction of sp³-hybridized carbons (Fsp3) is 0.348. The van der Waals surface area contributed by atoms with Crippen molar-refractivity contribution in [1.29, 1.82) is 0 Å². The van der Waals surface area contributed by atoms with Gasteiger partial charge in [0.2, 0.25) is 11.9 Å². The van der Waals surface area contributed by atoms with Crippen LogP contribution >= 0.6 is 0 Å². The summed E-state index contributed by atoms with van der Waals surface area (Å²) in [5.74, 6) is 1.40. The second-order valence-electron chi connectivity index (χ2n) is 8.35. The number of amides is 1. The third kappa shape index (κ3) is 3.39. The van der Waals surface area contributed by atoms with Gasteiger partial charge in [-0.05, 0) is 18.1 Å². The molecule has 29 heavy (non-hydrogen) atoms. The van der Waals surface area contributed by atoms with E-state index in [1.165, 1.54) is 6.33 Å². The molecule has 1 amide bonds. The second-order valence-corrected chi connectivity index (χ2v) is 8.35. The minimum atomic E-state index is -0.541. The maximum absolute atomic E-state index is 13.5. The lowest BCUT2D eigenvalue weighted by molar-refractivity contribution is -0.126. The van der Waals surface area contributed by atoms with Gasteiger partial charge in [0, 0.05) is 11.0 Å². The molecule has 2 heterocycles. The summed E-state index contributed by atoms with van der Waals surface area (Å²) in [6.45, 7) is 5.80. The van der Waals surface area contributed by atoms with E-state index in [-0.39, 0.29) is 18.0 Å². The lowest BCUT2D eigenvalue weighted by Gasteiger charge is -2.41. The van der Waals surface area contributed by atoms with Crippen molar-refractivity contribution in [2.45, 2.75) is 39.3 Å². The predicted octanol–water partition coefficient (Wildman–Crippen LogP) is 4.40. The van der Waals surface area contributed by atoms with Crippen LogP contribution in [0, 0.1) is 5.41 Å². The Morgan fingerprint density at radius 1 is 1.03 bits per heavy atom. The smallest absolute Gasteiger partial charge is 0.235 e. The van der Waals surface area contributed by atoms with Gasteiger partial charge in [-0.25, -0.2) is 4.68 Å². The Labute approximate surface area is 171 Å². The van der Waals surface area contributed by atoms with Crippen molar-refractivity contribution in [3.05, 3.63) is 72.1 Å². The quantitative estimate of drug-likeness (QED) is 0.665. The molecule has 150 valence electrons. The zero-order valence-corrected chi connectivity index (χ0v) is 17.2. The molecular formula is C23H26N4O2. The molecule has 0 radical (unpaired) electrons. The van der Waals surface area contributed by atoms with E-state index in [1.54, 1.807) is 7.11 Å². The van der Waals surface area contributed by atoms with E-state index in [9.17, 15) is 4.79 Å². The number of hydrogen-bond donors (Lipinski definition) is 0. The van der Waals surface area contributed by atoms with Gasteiger partial charge in [0.15, 0.2) is 0 Å². The summed E-state index contributed by atoms with van der Waals surface area (Å²) in [5, 5.41) is 4.49. The molecule has 0 saturated heterocycles. The topological polar surface area (TPSA) is 60.2 Å². The summed E-state index contributed by atoms with van der Waals surface area (Å²) in [4.78, 5) is 19.8. The van der Waals surface area contributed by atoms with E-state index in [0.29, 0.717) is 12.4 Å². The van der Waals surface area contributed by atoms with Crippen molar-refractivity contribution in [2.24, 2.45) is 5.41 Å². The van der Waals surface area contributed by atoms with E-state index >= 15 is 0 Å². The van der Waals surface area contributed by atoms with Crippen LogP contribution in [0.2, 0.25) is 0 Å². The van der Waals surface area contributed by atoms with Gasteiger partial charge in [0.05, 0.1) is 19.2 Å². The molecule has 0 bridgehead atoms. The Bertz CT molecular complexity index is 1010. The Morgan fingerprint density at radius 3 is 2.41 bits per heavy atom. The van der Waals surface area contributed by atoms with E-state index in [4.69, 9.17) is 4.74 Å². The summed E-state index contributed by atoms with van der Waals surface area (Å²) in [6, 6.07) is 17.9. The van der Waals surface area contributed by atoms with E-state index in [2.05, 4.69) is 28.3 Å². The van der Waals surface area contributed by atoms with Crippen molar-refractivity contribution in [3.63, 3.8) is 0 Å². The molecule has 0 aliphatic carbocycles. The van der Waals surface area contributed by atoms with Crippen LogP contribution in [0.4, 0.5) is 5.95 Å². The van der Waals surface area contributed by atoms with Crippen molar-refractivity contribution in [3.8, 4) is 5.75 Å². The second kappa shape index (κ2) is 7.35. The van der Waals surface area contributed by atoms with Crippen LogP contribution in [0.5, 0.6) is 5.75 Å². The van der Waals surface area contributed by atoms with Crippen molar-refractivity contribution in [1.82, 2.24) is 14.8 Å². The number of benzene rings is 2. The molecule has 2 aromatic carbocycles. The summed E-state index contributed by atoms with van der Waals surface area (Å²) in [7, 11) is 1.67. The Hall–Kier alpha value is -3.15. The number of methoxy groups -OCH3 is 1. The summed E-state index contributed by atoms with van der Waals surface area (Å²) in [6.07, 6.45) is 2.20. The zero-order valence-electron chi connectivity index (χ0n) is 17.2. The first-order valence-corrected chi connectivity index (χ1v) is 9.83. The Balaban J connectivity index is 1.89. The van der Waals surface area contributed by atoms with E-state index in [1.807, 2.05) is 66.8 Å². The summed E-state index contributed by atoms with van der Waals surface area (Å²) < 4.78 is 7.47. The molecule has 0 unspecified atom stereocenters. The van der Waals surface area contributed by atoms with Crippen LogP contribution in [0.15, 0.2) is 60.9 Å². The molecule has 0 spiro atoms. The molecular weight excluding hydrogens is 364 g/mol. The molecule has 2 atom stereocenters. The first-order chi connectivity index (χ1) is 13.9. The molecule has 4 rings (SSSR count). The monoisotopic (exact) mass is 390 g/mol. The number of aromatic nitrogens is 3. The average molecular weight is 390 g/mol. The van der Waals surface area contributed by atoms with Gasteiger partial charge in [0.1, 0.15) is 12.1 Å². The minimum Gasteiger partial charge on any atom is -0.496 e. The number of carbonyl (C=O) groups is 1. The van der Waals surface area contributed by atoms with Crippen LogP contribution in [0.3, 0.4) is 0 Å². The number of fused-ring (bicyclic) bond motifs is 1. The van der Waals surface area contributed by atoms with E-state index < -0.39 is 5.41 Å². The van der Waals surface area contributed by atoms with Gasteiger partial charge in [-0.15, -0.1) is 0 Å². The number of hydrogen-bond acceptors (Lipinski definition) is 4. The zero-order chi connectivity index (χ0) is 20.6. The molecule has 0 N–H and O–H groups in total. The number of para-hydroxylation sites is 1. The molecule has 1 aromatic heterocycles. The maximum atomic E-state index is 13.5. The highest BCUT2D eigenvalue weighted by Crippen LogP contribution is 2.45. The van der Waals surface area contributed by atoms with Gasteiger partial charge in [-0.2, -0.15) is 10.1 Å². The summed E-state index contributed by atoms with van der Waals surface area (Å²) >= 11 is 0. The van der Waals surface area contributed by atoms with Gasteiger partial charge in [-0.1, -0.05) is 69.3 Å². The molecule has 0 fully saturated rings. The third-order valence-corrected chi connectivity index (χ3v) is 5.37. The van der Waals surface area contributed by atoms with Crippen molar-refractivity contribution in [2.75, 3.05) is 12.0 Å². The first-order valence-electron chi connectivity index (χ1n) is 9.83. The number of carbonyl (C=O) groups excluding carboxylic acids is 1. The summed E-state index contributed by atoms with van der Waals surface area (Å²) in [5.41, 5.74) is 1.57. The fourth-order valence-electron chi connectivity index (χ4n) is 3.95. The van der Waals surface area contributed by atoms with E-state index in [0.717, 1.165) is 16.9 Å². The van der Waals surface area contributed by atoms with Crippen LogP contribution < -0.4 is 9.64 Å². The number of ether oxygens (including phenoxy) is 1. The third-order valence-electron chi connectivity index (χ3n) is 5.37. The van der Waals surface area contributed by atoms with Crippen LogP contribution in [0.1, 0.15) is 50.4 Å². The van der Waals surface area contributed by atoms with Crippen LogP contribution in [0.25, 0.3) is 0 Å². The highest BCUT2D eigenvalue weighted by atomic mass is 16.5. The lowest BCUT2D eigenvalue weighted by Crippen LogP contribution is -2.47. The predicted molar refractivity (Wildman–Crippen MR) is 112 cm³/mol. The van der Waals surface area contributed by atoms with Crippen LogP contribution in [-0.2, 0) is 4.79 Å². The molecule has 3 aromatic rings. The lowest BCUT2D eigenvalue weighted by atomic mass is 9.88. The van der Waals surface area contributed by atoms with Crippen molar-refractivity contribution < 1.29 is 9.53 Å². The average Bonchev–Trinajstić information content (AvgIpc) is 3.21. The highest BCUT2D eigenvalue weighted by molar-refractivity contribution is 5.96.